The molecule has 4 heavy (non-hydrogen) atoms. The van der Waals surface area contributed by atoms with Crippen molar-refractivity contribution >= 4 is 23.0 Å². The maximum absolute atomic E-state index is 8.34. The Bertz CT molecular complexity index is 11.6. The van der Waals surface area contributed by atoms with Gasteiger partial charge in [-0.15, -0.1) is 0 Å². The van der Waals surface area contributed by atoms with Gasteiger partial charge in [-0.3, -0.25) is 0 Å². The van der Waals surface area contributed by atoms with Gasteiger partial charge in [0, 0.05) is 16.8 Å². The molecule has 0 bridgehead atoms. The zero-order valence-electron chi connectivity index (χ0n) is 3.24. The van der Waals surface area contributed by atoms with Crippen molar-refractivity contribution in [3.8, 4) is 0 Å². The first-order valence-corrected chi connectivity index (χ1v) is 1.37. The number of hydrogen-bond donors (Lipinski definition) is 0. The summed E-state index contributed by atoms with van der Waals surface area (Å²) in [7, 11) is 0. The van der Waals surface area contributed by atoms with Crippen LogP contribution in [0.1, 0.15) is 1.43 Å². The fourth-order valence-electron chi connectivity index (χ4n) is 0. The predicted molar refractivity (Wildman–Crippen MR) is 8.95 cm³/mol. The monoisotopic (exact) mass is 205 g/mol. The minimum absolute atomic E-state index is 0. The van der Waals surface area contributed by atoms with Crippen molar-refractivity contribution < 1.29 is 40.1 Å². The summed E-state index contributed by atoms with van der Waals surface area (Å²) < 4.78 is 8.34. The molecule has 0 heterocycles. The second-order valence-corrected chi connectivity index (χ2v) is 0. The van der Waals surface area contributed by atoms with Gasteiger partial charge >= 0.3 is 44.9 Å². The van der Waals surface area contributed by atoms with Crippen LogP contribution in [0.3, 0.4) is 0 Å². The average molecular weight is 206 g/mol. The Hall–Kier alpha value is 1.72. The molecule has 0 atom stereocenters. The number of rotatable bonds is 0. The molecule has 0 aliphatic rings. The van der Waals surface area contributed by atoms with Crippen molar-refractivity contribution in [1.29, 1.82) is 0 Å². The molecular weight excluding hydrogens is 204 g/mol. The molecule has 0 fully saturated rings. The summed E-state index contributed by atoms with van der Waals surface area (Å²) in [6.45, 7) is 0. The summed E-state index contributed by atoms with van der Waals surface area (Å²) in [5, 5.41) is 0. The van der Waals surface area contributed by atoms with E-state index in [0.29, 0.717) is 23.0 Å². The molecule has 0 unspecified atom stereocenters. The van der Waals surface area contributed by atoms with Gasteiger partial charge in [0.15, 0.2) is 0 Å². The summed E-state index contributed by atoms with van der Waals surface area (Å²) in [5.74, 6) is 0. The van der Waals surface area contributed by atoms with Gasteiger partial charge < -0.3 is 1.43 Å². The second-order valence-electron chi connectivity index (χ2n) is 0. The first kappa shape index (κ1) is 17.2. The molecule has 0 saturated heterocycles. The molecule has 1 nitrogen and oxygen atoms in total. The van der Waals surface area contributed by atoms with E-state index in [-0.39, 0.29) is 37.1 Å². The third-order valence-electron chi connectivity index (χ3n) is 0. The predicted octanol–water partition coefficient (Wildman–Crippen LogP) is -3.65. The molecule has 0 aliphatic heterocycles. The van der Waals surface area contributed by atoms with Crippen molar-refractivity contribution in [2.75, 3.05) is 0 Å². The Kier molecular flexibility index (Phi) is 95.0. The fraction of sp³-hybridized carbons (Fsp3) is 0. The Morgan fingerprint density at radius 2 is 1.50 bits per heavy atom. The molecule has 4 heteroatoms. The molecule has 0 aromatic carbocycles. The van der Waals surface area contributed by atoms with Crippen molar-refractivity contribution in [2.24, 2.45) is 0 Å². The Morgan fingerprint density at radius 3 is 1.50 bits per heavy atom. The first-order chi connectivity index (χ1) is 1.00. The van der Waals surface area contributed by atoms with E-state index in [1.54, 1.807) is 0 Å². The van der Waals surface area contributed by atoms with E-state index in [1.165, 1.54) is 0 Å². The molecule has 0 N–H and O–H groups in total. The van der Waals surface area contributed by atoms with E-state index in [0.717, 1.165) is 0 Å². The summed E-state index contributed by atoms with van der Waals surface area (Å²) >= 11 is 0.300. The third-order valence-corrected chi connectivity index (χ3v) is 0. The molecule has 0 amide bonds. The molecule has 0 aromatic heterocycles. The van der Waals surface area contributed by atoms with Crippen LogP contribution in [0.2, 0.25) is 0 Å². The van der Waals surface area contributed by atoms with Gasteiger partial charge in [-0.2, -0.15) is 0 Å². The first-order valence-electron chi connectivity index (χ1n) is 0.204. The Balaban J connectivity index is -0.00000000167. The van der Waals surface area contributed by atoms with Gasteiger partial charge in [0.1, 0.15) is 0 Å². The van der Waals surface area contributed by atoms with Crippen molar-refractivity contribution in [3.63, 3.8) is 0 Å². The standard InChI is InChI=1S/Co.Li.O.Sb.2H/q;+1;;;;-1. The van der Waals surface area contributed by atoms with E-state index in [2.05, 4.69) is 0 Å². The van der Waals surface area contributed by atoms with Crippen molar-refractivity contribution in [3.05, 3.63) is 0 Å². The molecule has 0 spiro atoms. The van der Waals surface area contributed by atoms with Gasteiger partial charge in [0.25, 0.3) is 0 Å². The van der Waals surface area contributed by atoms with Gasteiger partial charge in [-0.25, -0.2) is 0 Å². The molecule has 0 saturated carbocycles. The molecule has 1 radical (unpaired) electrons. The molecule has 0 aliphatic carbocycles. The minimum atomic E-state index is 0. The third kappa shape index (κ3) is 9.30. The van der Waals surface area contributed by atoms with Crippen LogP contribution in [0.25, 0.3) is 0 Å². The molecule has 23 valence electrons. The molecular formula is H2CoLiOSb. The van der Waals surface area contributed by atoms with Gasteiger partial charge in [-0.05, 0) is 0 Å². The quantitative estimate of drug-likeness (QED) is 0.373. The van der Waals surface area contributed by atoms with Gasteiger partial charge in [0.2, 0.25) is 0 Å². The van der Waals surface area contributed by atoms with Crippen LogP contribution in [-0.4, -0.2) is 23.0 Å². The summed E-state index contributed by atoms with van der Waals surface area (Å²) in [6.07, 6.45) is 0. The number of hydrogen-bond acceptors (Lipinski definition) is 1. The average Bonchev–Trinajstić information content (AvgIpc) is 1.00. The topological polar surface area (TPSA) is 17.1 Å². The van der Waals surface area contributed by atoms with Crippen LogP contribution in [0.5, 0.6) is 0 Å². The van der Waals surface area contributed by atoms with Crippen LogP contribution in [0.15, 0.2) is 0 Å². The second kappa shape index (κ2) is 22.1. The normalized spacial score (nSPS) is 1.00. The van der Waals surface area contributed by atoms with E-state index in [1.807, 2.05) is 0 Å². The molecule has 0 aromatic rings. The van der Waals surface area contributed by atoms with Crippen LogP contribution >= 0.6 is 0 Å². The van der Waals surface area contributed by atoms with Crippen molar-refractivity contribution in [2.45, 2.75) is 0 Å². The SMILES string of the molecule is [Co].[H-].[Li+].[O]=[SbH]. The van der Waals surface area contributed by atoms with Crippen LogP contribution in [-0.2, 0) is 19.8 Å². The fourth-order valence-corrected chi connectivity index (χ4v) is 0. The molecule has 0 rings (SSSR count). The van der Waals surface area contributed by atoms with Crippen molar-refractivity contribution in [1.82, 2.24) is 0 Å². The Labute approximate surface area is 62.6 Å². The van der Waals surface area contributed by atoms with Crippen LogP contribution < -0.4 is 18.9 Å². The van der Waals surface area contributed by atoms with Crippen LogP contribution in [0, 0.1) is 0 Å². The zero-order valence-corrected chi connectivity index (χ0v) is 6.14. The summed E-state index contributed by atoms with van der Waals surface area (Å²) in [4.78, 5) is 0. The maximum atomic E-state index is 8.34. The summed E-state index contributed by atoms with van der Waals surface area (Å²) in [5.41, 5.74) is 0. The van der Waals surface area contributed by atoms with E-state index in [9.17, 15) is 0 Å². The van der Waals surface area contributed by atoms with E-state index in [4.69, 9.17) is 3.02 Å². The van der Waals surface area contributed by atoms with E-state index >= 15 is 0 Å². The van der Waals surface area contributed by atoms with Gasteiger partial charge in [-0.1, -0.05) is 0 Å². The Morgan fingerprint density at radius 1 is 1.50 bits per heavy atom. The van der Waals surface area contributed by atoms with Crippen LogP contribution in [0.4, 0.5) is 0 Å². The van der Waals surface area contributed by atoms with E-state index < -0.39 is 0 Å². The summed E-state index contributed by atoms with van der Waals surface area (Å²) in [6, 6.07) is 0. The zero-order chi connectivity index (χ0) is 2.00. The van der Waals surface area contributed by atoms with Gasteiger partial charge in [0.05, 0.1) is 0 Å².